The lowest BCUT2D eigenvalue weighted by Crippen LogP contribution is -3.00. The van der Waals surface area contributed by atoms with Crippen LogP contribution in [0.5, 0.6) is 0 Å². The van der Waals surface area contributed by atoms with Gasteiger partial charge < -0.3 is 26.6 Å². The topological polar surface area (TPSA) is 20.2 Å². The van der Waals surface area contributed by atoms with Crippen LogP contribution in [0.3, 0.4) is 0 Å². The zero-order chi connectivity index (χ0) is 16.7. The molecule has 3 aliphatic rings. The molecule has 5 heteroatoms. The summed E-state index contributed by atoms with van der Waals surface area (Å²) in [6, 6.07) is 4.28. The van der Waals surface area contributed by atoms with Gasteiger partial charge in [0.15, 0.2) is 0 Å². The second kappa shape index (κ2) is 7.43. The molecule has 0 saturated carbocycles. The number of rotatable bonds is 6. The summed E-state index contributed by atoms with van der Waals surface area (Å²) in [5.41, 5.74) is 1.43. The molecule has 0 atom stereocenters. The Morgan fingerprint density at radius 1 is 1.04 bits per heavy atom. The molecule has 0 radical (unpaired) electrons. The van der Waals surface area contributed by atoms with Crippen LogP contribution in [-0.4, -0.2) is 35.8 Å². The minimum absolute atomic E-state index is 0. The molecule has 2 nitrogen and oxygen atoms in total. The molecule has 3 saturated heterocycles. The minimum atomic E-state index is -0.811. The highest BCUT2D eigenvalue weighted by atomic mass is 79.9. The molecule has 138 valence electrons. The van der Waals surface area contributed by atoms with Gasteiger partial charge in [0.1, 0.15) is 5.60 Å². The highest BCUT2D eigenvalue weighted by Crippen LogP contribution is 2.58. The number of aliphatic hydroxyl groups is 1. The van der Waals surface area contributed by atoms with Gasteiger partial charge in [-0.15, -0.1) is 0 Å². The highest BCUT2D eigenvalue weighted by Gasteiger charge is 2.60. The predicted octanol–water partition coefficient (Wildman–Crippen LogP) is 1.85. The number of fused-ring (bicyclic) bond motifs is 3. The summed E-state index contributed by atoms with van der Waals surface area (Å²) >= 11 is 3.40. The fourth-order valence-electron chi connectivity index (χ4n) is 5.16. The van der Waals surface area contributed by atoms with Crippen molar-refractivity contribution in [2.24, 2.45) is 5.41 Å². The Hall–Kier alpha value is -0.200. The average Bonchev–Trinajstić information content (AvgIpc) is 3.34. The molecule has 0 aromatic carbocycles. The van der Waals surface area contributed by atoms with Crippen molar-refractivity contribution in [1.29, 1.82) is 0 Å². The SMILES string of the molecule is CCCC[N+]12CCC(C(O)(c3ccsc3)c3ccsc3)(CC1)CC2.[Br-]. The molecule has 0 amide bonds. The van der Waals surface area contributed by atoms with Crippen molar-refractivity contribution in [2.45, 2.75) is 44.6 Å². The fourth-order valence-corrected chi connectivity index (χ4v) is 6.55. The Morgan fingerprint density at radius 3 is 1.96 bits per heavy atom. The lowest BCUT2D eigenvalue weighted by atomic mass is 9.57. The maximum atomic E-state index is 12.1. The van der Waals surface area contributed by atoms with Gasteiger partial charge in [-0.2, -0.15) is 22.7 Å². The van der Waals surface area contributed by atoms with E-state index in [9.17, 15) is 5.11 Å². The van der Waals surface area contributed by atoms with Crippen molar-refractivity contribution in [2.75, 3.05) is 26.2 Å². The minimum Gasteiger partial charge on any atom is -1.00 e. The third-order valence-corrected chi connectivity index (χ3v) is 8.19. The van der Waals surface area contributed by atoms with Crippen LogP contribution in [0.1, 0.15) is 50.2 Å². The average molecular weight is 442 g/mol. The second-order valence-electron chi connectivity index (χ2n) is 7.85. The van der Waals surface area contributed by atoms with Crippen molar-refractivity contribution < 1.29 is 26.6 Å². The smallest absolute Gasteiger partial charge is 0.122 e. The first kappa shape index (κ1) is 19.6. The van der Waals surface area contributed by atoms with Crippen LogP contribution >= 0.6 is 22.7 Å². The molecular weight excluding hydrogens is 414 g/mol. The van der Waals surface area contributed by atoms with E-state index in [1.165, 1.54) is 43.5 Å². The van der Waals surface area contributed by atoms with Gasteiger partial charge in [-0.05, 0) is 51.2 Å². The van der Waals surface area contributed by atoms with Crippen molar-refractivity contribution in [3.63, 3.8) is 0 Å². The standard InChI is InChI=1S/C20H28NOS2.BrH/c1-2-3-9-21-10-6-19(7-11-21,8-12-21)20(22,17-4-13-23-15-17)18-5-14-24-16-18;/h4-5,13-16,22H,2-3,6-12H2,1H3;1H/q+1;/p-1. The first-order chi connectivity index (χ1) is 11.6. The summed E-state index contributed by atoms with van der Waals surface area (Å²) in [7, 11) is 0. The van der Waals surface area contributed by atoms with E-state index in [1.807, 2.05) is 0 Å². The second-order valence-corrected chi connectivity index (χ2v) is 9.41. The number of halogens is 1. The zero-order valence-corrected chi connectivity index (χ0v) is 18.1. The van der Waals surface area contributed by atoms with E-state index in [0.29, 0.717) is 0 Å². The van der Waals surface area contributed by atoms with Crippen LogP contribution in [0.4, 0.5) is 0 Å². The summed E-state index contributed by atoms with van der Waals surface area (Å²) in [6.07, 6.45) is 6.09. The molecule has 2 aromatic rings. The molecule has 0 unspecified atom stereocenters. The van der Waals surface area contributed by atoms with Crippen LogP contribution in [0.2, 0.25) is 0 Å². The Balaban J connectivity index is 0.00000182. The van der Waals surface area contributed by atoms with Crippen molar-refractivity contribution >= 4 is 22.7 Å². The number of quaternary nitrogens is 1. The molecular formula is C20H28BrNOS2. The highest BCUT2D eigenvalue weighted by molar-refractivity contribution is 7.08. The fraction of sp³-hybridized carbons (Fsp3) is 0.600. The van der Waals surface area contributed by atoms with Gasteiger partial charge in [-0.3, -0.25) is 0 Å². The lowest BCUT2D eigenvalue weighted by molar-refractivity contribution is -0.946. The quantitative estimate of drug-likeness (QED) is 0.678. The van der Waals surface area contributed by atoms with Crippen LogP contribution in [0.15, 0.2) is 33.7 Å². The predicted molar refractivity (Wildman–Crippen MR) is 103 cm³/mol. The summed E-state index contributed by atoms with van der Waals surface area (Å²) in [4.78, 5) is 0. The van der Waals surface area contributed by atoms with Gasteiger partial charge in [0, 0.05) is 24.7 Å². The third-order valence-electron chi connectivity index (χ3n) is 6.83. The Morgan fingerprint density at radius 2 is 1.56 bits per heavy atom. The maximum Gasteiger partial charge on any atom is 0.122 e. The van der Waals surface area contributed by atoms with Crippen molar-refractivity contribution in [1.82, 2.24) is 0 Å². The van der Waals surface area contributed by atoms with Crippen molar-refractivity contribution in [3.05, 3.63) is 44.8 Å². The molecule has 3 aliphatic heterocycles. The monoisotopic (exact) mass is 441 g/mol. The van der Waals surface area contributed by atoms with Gasteiger partial charge in [0.2, 0.25) is 0 Å². The first-order valence-corrected chi connectivity index (χ1v) is 11.2. The Kier molecular flexibility index (Phi) is 5.81. The molecule has 2 bridgehead atoms. The number of thiophene rings is 2. The van der Waals surface area contributed by atoms with Gasteiger partial charge >= 0.3 is 0 Å². The molecule has 2 aromatic heterocycles. The molecule has 25 heavy (non-hydrogen) atoms. The number of unbranched alkanes of at least 4 members (excludes halogenated alkanes) is 1. The van der Waals surface area contributed by atoms with Gasteiger partial charge in [-0.1, -0.05) is 13.3 Å². The number of hydrogen-bond donors (Lipinski definition) is 1. The van der Waals surface area contributed by atoms with E-state index >= 15 is 0 Å². The van der Waals surface area contributed by atoms with Gasteiger partial charge in [0.25, 0.3) is 0 Å². The molecule has 5 heterocycles. The summed E-state index contributed by atoms with van der Waals surface area (Å²) in [6.45, 7) is 7.37. The molecule has 1 N–H and O–H groups in total. The normalized spacial score (nSPS) is 28.7. The van der Waals surface area contributed by atoms with Crippen LogP contribution in [0, 0.1) is 5.41 Å². The maximum absolute atomic E-state index is 12.1. The van der Waals surface area contributed by atoms with Crippen molar-refractivity contribution in [3.8, 4) is 0 Å². The Labute approximate surface area is 169 Å². The largest absolute Gasteiger partial charge is 1.00 e. The van der Waals surface area contributed by atoms with E-state index in [2.05, 4.69) is 40.6 Å². The van der Waals surface area contributed by atoms with E-state index < -0.39 is 5.60 Å². The van der Waals surface area contributed by atoms with Gasteiger partial charge in [-0.25, -0.2) is 0 Å². The third kappa shape index (κ3) is 3.06. The first-order valence-electron chi connectivity index (χ1n) is 9.27. The Bertz CT molecular complexity index is 609. The molecule has 5 rings (SSSR count). The molecule has 0 aliphatic carbocycles. The van der Waals surface area contributed by atoms with E-state index in [4.69, 9.17) is 0 Å². The molecule has 3 fully saturated rings. The number of nitrogens with zero attached hydrogens (tertiary/aromatic N) is 1. The number of hydrogen-bond acceptors (Lipinski definition) is 3. The van der Waals surface area contributed by atoms with E-state index in [-0.39, 0.29) is 22.4 Å². The zero-order valence-electron chi connectivity index (χ0n) is 14.9. The lowest BCUT2D eigenvalue weighted by Gasteiger charge is -2.59. The van der Waals surface area contributed by atoms with Crippen LogP contribution in [0.25, 0.3) is 0 Å². The summed E-state index contributed by atoms with van der Waals surface area (Å²) in [5, 5.41) is 20.6. The van der Waals surface area contributed by atoms with Crippen LogP contribution < -0.4 is 17.0 Å². The molecule has 0 spiro atoms. The van der Waals surface area contributed by atoms with Gasteiger partial charge in [0.05, 0.1) is 26.2 Å². The van der Waals surface area contributed by atoms with E-state index in [0.717, 1.165) is 30.4 Å². The summed E-state index contributed by atoms with van der Waals surface area (Å²) < 4.78 is 1.30. The van der Waals surface area contributed by atoms with Crippen LogP contribution in [-0.2, 0) is 5.60 Å². The van der Waals surface area contributed by atoms with E-state index in [1.54, 1.807) is 22.7 Å². The summed E-state index contributed by atoms with van der Waals surface area (Å²) in [5.74, 6) is 0. The number of piperidine rings is 3.